The number of hydrogen-bond acceptors (Lipinski definition) is 3. The lowest BCUT2D eigenvalue weighted by atomic mass is 10.1. The summed E-state index contributed by atoms with van der Waals surface area (Å²) in [4.78, 5) is 27.3. The van der Waals surface area contributed by atoms with Crippen molar-refractivity contribution in [1.82, 2.24) is 14.7 Å². The quantitative estimate of drug-likeness (QED) is 0.480. The smallest absolute Gasteiger partial charge is 0.245 e. The molecule has 1 N–H and O–H groups in total. The Morgan fingerprint density at radius 1 is 1.06 bits per heavy atom. The molecule has 174 valence electrons. The lowest BCUT2D eigenvalue weighted by molar-refractivity contribution is -0.137. The first-order valence-corrected chi connectivity index (χ1v) is 11.6. The van der Waals surface area contributed by atoms with Crippen molar-refractivity contribution < 1.29 is 9.59 Å². The van der Waals surface area contributed by atoms with Crippen molar-refractivity contribution in [3.63, 3.8) is 0 Å². The number of anilines is 1. The first kappa shape index (κ1) is 24.2. The molecule has 0 bridgehead atoms. The van der Waals surface area contributed by atoms with Crippen LogP contribution in [0.4, 0.5) is 5.82 Å². The molecule has 1 heterocycles. The van der Waals surface area contributed by atoms with E-state index in [2.05, 4.69) is 25.2 Å². The molecule has 0 fully saturated rings. The van der Waals surface area contributed by atoms with Crippen LogP contribution in [0.2, 0.25) is 0 Å². The van der Waals surface area contributed by atoms with E-state index in [1.165, 1.54) is 0 Å². The maximum absolute atomic E-state index is 13.0. The molecule has 0 saturated heterocycles. The molecule has 0 aliphatic heterocycles. The van der Waals surface area contributed by atoms with Crippen LogP contribution >= 0.6 is 0 Å². The Hall–Kier alpha value is -3.41. The highest BCUT2D eigenvalue weighted by Crippen LogP contribution is 2.26. The van der Waals surface area contributed by atoms with Gasteiger partial charge >= 0.3 is 0 Å². The molecule has 6 heteroatoms. The van der Waals surface area contributed by atoms with Crippen LogP contribution < -0.4 is 5.32 Å². The normalized spacial score (nSPS) is 11.0. The predicted molar refractivity (Wildman–Crippen MR) is 133 cm³/mol. The molecule has 1 aromatic heterocycles. The summed E-state index contributed by atoms with van der Waals surface area (Å²) in [6, 6.07) is 17.9. The SMILES string of the molecule is CCCCN(CC(=O)Nc1cc(-c2ccccc2)nn1-c1ccc(C)cc1C)C(=O)C(C)C. The van der Waals surface area contributed by atoms with E-state index >= 15 is 0 Å². The lowest BCUT2D eigenvalue weighted by Crippen LogP contribution is -2.41. The van der Waals surface area contributed by atoms with Crippen molar-refractivity contribution in [2.75, 3.05) is 18.4 Å². The number of rotatable bonds is 9. The standard InChI is InChI=1S/C27H34N4O2/c1-6-7-15-30(27(33)19(2)3)18-26(32)28-25-17-23(22-11-9-8-10-12-22)29-31(25)24-14-13-20(4)16-21(24)5/h8-14,16-17,19H,6-7,15,18H2,1-5H3,(H,28,32). The number of nitrogens with one attached hydrogen (secondary N) is 1. The fourth-order valence-electron chi connectivity index (χ4n) is 3.78. The van der Waals surface area contributed by atoms with E-state index in [-0.39, 0.29) is 24.3 Å². The summed E-state index contributed by atoms with van der Waals surface area (Å²) in [7, 11) is 0. The van der Waals surface area contributed by atoms with Gasteiger partial charge in [-0.3, -0.25) is 9.59 Å². The molecule has 3 aromatic rings. The second-order valence-corrected chi connectivity index (χ2v) is 8.80. The molecule has 0 atom stereocenters. The topological polar surface area (TPSA) is 67.2 Å². The average molecular weight is 447 g/mol. The van der Waals surface area contributed by atoms with Crippen LogP contribution in [0, 0.1) is 19.8 Å². The summed E-state index contributed by atoms with van der Waals surface area (Å²) in [6.45, 7) is 10.5. The van der Waals surface area contributed by atoms with E-state index in [1.54, 1.807) is 9.58 Å². The minimum Gasteiger partial charge on any atom is -0.333 e. The van der Waals surface area contributed by atoms with Crippen molar-refractivity contribution >= 4 is 17.6 Å². The van der Waals surface area contributed by atoms with Crippen LogP contribution in [0.15, 0.2) is 54.6 Å². The van der Waals surface area contributed by atoms with Gasteiger partial charge in [0.15, 0.2) is 0 Å². The Labute approximate surface area is 196 Å². The van der Waals surface area contributed by atoms with Crippen molar-refractivity contribution in [2.24, 2.45) is 5.92 Å². The Morgan fingerprint density at radius 3 is 2.42 bits per heavy atom. The highest BCUT2D eigenvalue weighted by Gasteiger charge is 2.21. The summed E-state index contributed by atoms with van der Waals surface area (Å²) < 4.78 is 1.77. The zero-order valence-corrected chi connectivity index (χ0v) is 20.3. The van der Waals surface area contributed by atoms with Crippen LogP contribution in [-0.2, 0) is 9.59 Å². The van der Waals surface area contributed by atoms with Crippen LogP contribution in [0.25, 0.3) is 16.9 Å². The summed E-state index contributed by atoms with van der Waals surface area (Å²) in [5.41, 5.74) is 4.87. The highest BCUT2D eigenvalue weighted by atomic mass is 16.2. The van der Waals surface area contributed by atoms with Crippen LogP contribution in [0.5, 0.6) is 0 Å². The minimum absolute atomic E-state index is 0.00791. The number of nitrogens with zero attached hydrogens (tertiary/aromatic N) is 3. The molecule has 2 amide bonds. The minimum atomic E-state index is -0.231. The number of carbonyl (C=O) groups is 2. The Morgan fingerprint density at radius 2 is 1.79 bits per heavy atom. The Bertz CT molecular complexity index is 1100. The predicted octanol–water partition coefficient (Wildman–Crippen LogP) is 5.38. The molecular formula is C27H34N4O2. The van der Waals surface area contributed by atoms with Crippen molar-refractivity contribution in [2.45, 2.75) is 47.5 Å². The second kappa shape index (κ2) is 10.9. The van der Waals surface area contributed by atoms with Crippen LogP contribution in [0.1, 0.15) is 44.7 Å². The molecule has 0 unspecified atom stereocenters. The number of carbonyl (C=O) groups excluding carboxylic acids is 2. The number of aryl methyl sites for hydroxylation is 2. The van der Waals surface area contributed by atoms with Gasteiger partial charge in [-0.1, -0.05) is 75.2 Å². The third-order valence-corrected chi connectivity index (χ3v) is 5.55. The summed E-state index contributed by atoms with van der Waals surface area (Å²) in [5, 5.41) is 7.82. The molecule has 33 heavy (non-hydrogen) atoms. The molecule has 0 aliphatic carbocycles. The third kappa shape index (κ3) is 6.09. The number of hydrogen-bond donors (Lipinski definition) is 1. The van der Waals surface area contributed by atoms with Gasteiger partial charge in [0.25, 0.3) is 0 Å². The van der Waals surface area contributed by atoms with E-state index in [4.69, 9.17) is 5.10 Å². The largest absolute Gasteiger partial charge is 0.333 e. The van der Waals surface area contributed by atoms with Crippen molar-refractivity contribution in [3.8, 4) is 16.9 Å². The average Bonchev–Trinajstić information content (AvgIpc) is 3.20. The summed E-state index contributed by atoms with van der Waals surface area (Å²) in [5.74, 6) is 0.190. The van der Waals surface area contributed by atoms with Crippen LogP contribution in [0.3, 0.4) is 0 Å². The summed E-state index contributed by atoms with van der Waals surface area (Å²) >= 11 is 0. The third-order valence-electron chi connectivity index (χ3n) is 5.55. The van der Waals surface area contributed by atoms with Crippen LogP contribution in [-0.4, -0.2) is 39.6 Å². The summed E-state index contributed by atoms with van der Waals surface area (Å²) in [6.07, 6.45) is 1.83. The molecule has 2 aromatic carbocycles. The molecule has 0 saturated carbocycles. The zero-order valence-electron chi connectivity index (χ0n) is 20.3. The maximum atomic E-state index is 13.0. The van der Waals surface area contributed by atoms with Gasteiger partial charge in [-0.2, -0.15) is 5.10 Å². The molecule has 0 radical (unpaired) electrons. The van der Waals surface area contributed by atoms with E-state index in [0.29, 0.717) is 12.4 Å². The molecular weight excluding hydrogens is 412 g/mol. The van der Waals surface area contributed by atoms with Gasteiger partial charge in [-0.25, -0.2) is 4.68 Å². The lowest BCUT2D eigenvalue weighted by Gasteiger charge is -2.24. The number of aromatic nitrogens is 2. The van der Waals surface area contributed by atoms with Gasteiger partial charge in [0.1, 0.15) is 5.82 Å². The van der Waals surface area contributed by atoms with E-state index in [1.807, 2.05) is 69.3 Å². The number of amides is 2. The number of benzene rings is 2. The fourth-order valence-corrected chi connectivity index (χ4v) is 3.78. The van der Waals surface area contributed by atoms with Crippen molar-refractivity contribution in [3.05, 3.63) is 65.7 Å². The first-order valence-electron chi connectivity index (χ1n) is 11.6. The fraction of sp³-hybridized carbons (Fsp3) is 0.370. The van der Waals surface area contributed by atoms with Gasteiger partial charge in [0.05, 0.1) is 17.9 Å². The van der Waals surface area contributed by atoms with Gasteiger partial charge < -0.3 is 10.2 Å². The van der Waals surface area contributed by atoms with E-state index < -0.39 is 0 Å². The van der Waals surface area contributed by atoms with Gasteiger partial charge in [-0.15, -0.1) is 0 Å². The Kier molecular flexibility index (Phi) is 8.04. The molecule has 3 rings (SSSR count). The van der Waals surface area contributed by atoms with Crippen molar-refractivity contribution in [1.29, 1.82) is 0 Å². The Balaban J connectivity index is 1.92. The van der Waals surface area contributed by atoms with E-state index in [9.17, 15) is 9.59 Å². The van der Waals surface area contributed by atoms with E-state index in [0.717, 1.165) is 40.9 Å². The molecule has 0 spiro atoms. The first-order chi connectivity index (χ1) is 15.8. The van der Waals surface area contributed by atoms with Gasteiger partial charge in [0, 0.05) is 24.1 Å². The van der Waals surface area contributed by atoms with Gasteiger partial charge in [0.2, 0.25) is 11.8 Å². The zero-order chi connectivity index (χ0) is 24.0. The van der Waals surface area contributed by atoms with Gasteiger partial charge in [-0.05, 0) is 31.9 Å². The molecule has 6 nitrogen and oxygen atoms in total. The second-order valence-electron chi connectivity index (χ2n) is 8.80. The molecule has 0 aliphatic rings. The number of unbranched alkanes of at least 4 members (excludes halogenated alkanes) is 1. The monoisotopic (exact) mass is 446 g/mol. The highest BCUT2D eigenvalue weighted by molar-refractivity contribution is 5.95. The maximum Gasteiger partial charge on any atom is 0.245 e.